The summed E-state index contributed by atoms with van der Waals surface area (Å²) < 4.78 is 0. The highest BCUT2D eigenvalue weighted by atomic mass is 16.4. The number of carbonyl (C=O) groups is 3. The van der Waals surface area contributed by atoms with Crippen molar-refractivity contribution in [3.05, 3.63) is 45.7 Å². The molecule has 0 heterocycles. The number of Topliss-reactive ketones (excluding diaryl/α,β-unsaturated/α-hetero) is 3. The van der Waals surface area contributed by atoms with Gasteiger partial charge in [-0.15, -0.1) is 0 Å². The van der Waals surface area contributed by atoms with Crippen LogP contribution in [-0.4, -0.2) is 54.6 Å². The van der Waals surface area contributed by atoms with E-state index in [1.165, 1.54) is 6.92 Å². The Bertz CT molecular complexity index is 1560. The number of aromatic hydroxyl groups is 1. The molecule has 1 aromatic carbocycles. The van der Waals surface area contributed by atoms with E-state index in [2.05, 4.69) is 27.7 Å². The third-order valence-electron chi connectivity index (χ3n) is 12.1. The van der Waals surface area contributed by atoms with E-state index in [0.29, 0.717) is 17.5 Å². The lowest BCUT2D eigenvalue weighted by Crippen LogP contribution is -2.75. The third kappa shape index (κ3) is 4.27. The van der Waals surface area contributed by atoms with E-state index in [4.69, 9.17) is 0 Å². The zero-order valence-electron chi connectivity index (χ0n) is 28.3. The van der Waals surface area contributed by atoms with Crippen molar-refractivity contribution in [3.63, 3.8) is 0 Å². The van der Waals surface area contributed by atoms with Crippen LogP contribution < -0.4 is 0 Å². The van der Waals surface area contributed by atoms with Crippen molar-refractivity contribution >= 4 is 23.1 Å². The van der Waals surface area contributed by atoms with E-state index in [1.54, 1.807) is 27.7 Å². The van der Waals surface area contributed by atoms with Crippen LogP contribution in [0.4, 0.5) is 0 Å². The molecular weight excluding hydrogens is 572 g/mol. The van der Waals surface area contributed by atoms with Crippen LogP contribution in [0.15, 0.2) is 29.0 Å². The van der Waals surface area contributed by atoms with E-state index in [-0.39, 0.29) is 33.6 Å². The summed E-state index contributed by atoms with van der Waals surface area (Å²) in [6.07, 6.45) is 1.99. The fourth-order valence-corrected chi connectivity index (χ4v) is 10.7. The molecule has 2 fully saturated rings. The highest BCUT2D eigenvalue weighted by Gasteiger charge is 2.77. The molecule has 0 bridgehead atoms. The van der Waals surface area contributed by atoms with Crippen LogP contribution >= 0.6 is 0 Å². The minimum atomic E-state index is -2.89. The summed E-state index contributed by atoms with van der Waals surface area (Å²) >= 11 is 0. The summed E-state index contributed by atoms with van der Waals surface area (Å²) in [6.45, 7) is 18.3. The Morgan fingerprint density at radius 2 is 1.53 bits per heavy atom. The van der Waals surface area contributed by atoms with Crippen molar-refractivity contribution < 1.29 is 39.9 Å². The molecule has 8 heteroatoms. The van der Waals surface area contributed by atoms with Gasteiger partial charge in [0.2, 0.25) is 5.78 Å². The Labute approximate surface area is 266 Å². The second kappa shape index (κ2) is 10.0. The number of carbonyl (C=O) groups excluding carboxylic acids is 3. The number of phenolic OH excluding ortho intramolecular Hbond substituents is 1. The lowest BCUT2D eigenvalue weighted by molar-refractivity contribution is -0.215. The van der Waals surface area contributed by atoms with E-state index in [1.807, 2.05) is 12.1 Å². The largest absolute Gasteiger partial charge is 0.508 e. The Hall–Kier alpha value is -2.97. The van der Waals surface area contributed by atoms with Crippen molar-refractivity contribution in [2.24, 2.45) is 39.4 Å². The number of aliphatic hydroxyl groups excluding tert-OH is 3. The maximum atomic E-state index is 14.7. The van der Waals surface area contributed by atoms with Crippen LogP contribution in [-0.2, 0) is 20.8 Å². The number of fused-ring (bicyclic) bond motifs is 3. The highest BCUT2D eigenvalue weighted by Crippen LogP contribution is 2.67. The summed E-state index contributed by atoms with van der Waals surface area (Å²) in [5.41, 5.74) is -5.89. The van der Waals surface area contributed by atoms with E-state index < -0.39 is 74.7 Å². The number of aliphatic hydroxyl groups is 4. The summed E-state index contributed by atoms with van der Waals surface area (Å²) in [4.78, 5) is 41.0. The monoisotopic (exact) mass is 622 g/mol. The zero-order valence-corrected chi connectivity index (χ0v) is 28.3. The molecular formula is C37H50O8. The highest BCUT2D eigenvalue weighted by molar-refractivity contribution is 6.24. The van der Waals surface area contributed by atoms with Gasteiger partial charge in [-0.1, -0.05) is 74.4 Å². The molecule has 0 radical (unpaired) electrons. The molecule has 4 aliphatic rings. The second-order valence-corrected chi connectivity index (χ2v) is 16.8. The Balaban J connectivity index is 1.73. The lowest BCUT2D eigenvalue weighted by atomic mass is 9.40. The van der Waals surface area contributed by atoms with Gasteiger partial charge >= 0.3 is 0 Å². The van der Waals surface area contributed by atoms with Gasteiger partial charge in [0.15, 0.2) is 17.2 Å². The topological polar surface area (TPSA) is 152 Å². The van der Waals surface area contributed by atoms with Crippen molar-refractivity contribution in [2.75, 3.05) is 0 Å². The molecule has 4 aliphatic carbocycles. The minimum Gasteiger partial charge on any atom is -0.508 e. The second-order valence-electron chi connectivity index (χ2n) is 16.8. The molecule has 0 aliphatic heterocycles. The lowest BCUT2D eigenvalue weighted by Gasteiger charge is -2.63. The number of rotatable bonds is 4. The molecule has 8 nitrogen and oxygen atoms in total. The zero-order chi connectivity index (χ0) is 34.0. The van der Waals surface area contributed by atoms with Gasteiger partial charge in [-0.2, -0.15) is 0 Å². The summed E-state index contributed by atoms with van der Waals surface area (Å²) in [6, 6.07) is 3.68. The first-order valence-electron chi connectivity index (χ1n) is 16.2. The van der Waals surface area contributed by atoms with Gasteiger partial charge in [-0.3, -0.25) is 14.4 Å². The predicted molar refractivity (Wildman–Crippen MR) is 171 cm³/mol. The number of ketones is 3. The Morgan fingerprint density at radius 1 is 0.978 bits per heavy atom. The van der Waals surface area contributed by atoms with Crippen molar-refractivity contribution in [1.82, 2.24) is 0 Å². The van der Waals surface area contributed by atoms with Crippen LogP contribution in [0.3, 0.4) is 0 Å². The minimum absolute atomic E-state index is 0.0668. The molecule has 0 saturated heterocycles. The third-order valence-corrected chi connectivity index (χ3v) is 12.1. The first kappa shape index (κ1) is 33.4. The Kier molecular flexibility index (Phi) is 7.43. The smallest absolute Gasteiger partial charge is 0.203 e. The molecule has 0 amide bonds. The fraction of sp³-hybridized carbons (Fsp3) is 0.649. The predicted octanol–water partition coefficient (Wildman–Crippen LogP) is 6.12. The molecule has 5 rings (SSSR count). The average molecular weight is 623 g/mol. The van der Waals surface area contributed by atoms with Gasteiger partial charge < -0.3 is 25.5 Å². The number of hydrogen-bond donors (Lipinski definition) is 5. The molecule has 0 aromatic heterocycles. The number of phenols is 1. The van der Waals surface area contributed by atoms with Crippen molar-refractivity contribution in [1.29, 1.82) is 0 Å². The molecule has 246 valence electrons. The van der Waals surface area contributed by atoms with Gasteiger partial charge in [-0.05, 0) is 72.3 Å². The number of allylic oxidation sites excluding steroid dienone is 1. The van der Waals surface area contributed by atoms with Crippen LogP contribution in [0.2, 0.25) is 0 Å². The molecule has 0 spiro atoms. The number of hydrogen-bond acceptors (Lipinski definition) is 8. The first-order valence-corrected chi connectivity index (χ1v) is 16.2. The normalized spacial score (nSPS) is 36.2. The quantitative estimate of drug-likeness (QED) is 0.252. The molecule has 6 atom stereocenters. The van der Waals surface area contributed by atoms with Crippen LogP contribution in [0.25, 0.3) is 5.76 Å². The van der Waals surface area contributed by atoms with Gasteiger partial charge in [0.05, 0.1) is 17.2 Å². The molecule has 5 N–H and O–H groups in total. The SMILES string of the molecule is CC(=O)C1=C(O)[C@]2(O)C(=O)C3=C(O)c4c(ccc(CC5CC(C)(C)CC(C)(C)C5)c4O)[C@@H](C)[C@]3(C)[C@@H](O)[C@]2(C)C(C(C)C)C1=O. The molecule has 1 unspecified atom stereocenters. The summed E-state index contributed by atoms with van der Waals surface area (Å²) in [5.74, 6) is -6.60. The van der Waals surface area contributed by atoms with E-state index >= 15 is 0 Å². The van der Waals surface area contributed by atoms with Crippen molar-refractivity contribution in [2.45, 2.75) is 113 Å². The fourth-order valence-electron chi connectivity index (χ4n) is 10.7. The van der Waals surface area contributed by atoms with Gasteiger partial charge in [0.25, 0.3) is 0 Å². The van der Waals surface area contributed by atoms with E-state index in [0.717, 1.165) is 26.2 Å². The standard InChI is InChI=1S/C37H50O8/c1-17(2)25-28(40)23(19(4)38)30(42)37(45)31(43)26-29(41)24-22(18(3)35(26,9)32(44)36(25,37)10)12-11-21(27(24)39)13-20-14-33(5,6)16-34(7,8)15-20/h11-12,17-18,20,25,32,39,41-42,44-45H,13-16H2,1-10H3/t18-,25?,32-,35+,36+,37+/m1/s1. The van der Waals surface area contributed by atoms with Gasteiger partial charge in [0.1, 0.15) is 22.8 Å². The molecule has 2 saturated carbocycles. The van der Waals surface area contributed by atoms with Crippen molar-refractivity contribution in [3.8, 4) is 5.75 Å². The molecule has 45 heavy (non-hydrogen) atoms. The first-order chi connectivity index (χ1) is 20.5. The van der Waals surface area contributed by atoms with Crippen LogP contribution in [0.5, 0.6) is 5.75 Å². The maximum Gasteiger partial charge on any atom is 0.203 e. The van der Waals surface area contributed by atoms with Crippen LogP contribution in [0.1, 0.15) is 111 Å². The Morgan fingerprint density at radius 3 is 2.04 bits per heavy atom. The number of benzene rings is 1. The average Bonchev–Trinajstić information content (AvgIpc) is 2.88. The van der Waals surface area contributed by atoms with E-state index in [9.17, 15) is 39.9 Å². The molecule has 1 aromatic rings. The maximum absolute atomic E-state index is 14.7. The van der Waals surface area contributed by atoms with Crippen LogP contribution in [0, 0.1) is 39.4 Å². The summed E-state index contributed by atoms with van der Waals surface area (Å²) in [7, 11) is 0. The summed E-state index contributed by atoms with van der Waals surface area (Å²) in [5, 5.41) is 59.7. The van der Waals surface area contributed by atoms with Gasteiger partial charge in [0, 0.05) is 16.7 Å². The van der Waals surface area contributed by atoms with Gasteiger partial charge in [-0.25, -0.2) is 0 Å².